The van der Waals surface area contributed by atoms with E-state index in [4.69, 9.17) is 4.89 Å². The van der Waals surface area contributed by atoms with Crippen molar-refractivity contribution in [2.45, 2.75) is 13.8 Å². The van der Waals surface area contributed by atoms with Crippen LogP contribution in [0.1, 0.15) is 13.8 Å². The molecule has 0 aliphatic rings. The van der Waals surface area contributed by atoms with Gasteiger partial charge in [-0.2, -0.15) is 0 Å². The van der Waals surface area contributed by atoms with E-state index in [0.29, 0.717) is 0 Å². The smallest absolute Gasteiger partial charge is 0.452 e. The fourth-order valence-corrected chi connectivity index (χ4v) is 1.44. The lowest BCUT2D eigenvalue weighted by Gasteiger charge is -2.07. The highest BCUT2D eigenvalue weighted by Gasteiger charge is 2.17. The summed E-state index contributed by atoms with van der Waals surface area (Å²) in [6, 6.07) is 0. The Kier molecular flexibility index (Phi) is 10.7. The predicted molar refractivity (Wildman–Crippen MR) is 66.1 cm³/mol. The molecule has 0 spiro atoms. The van der Waals surface area contributed by atoms with Crippen molar-refractivity contribution in [2.24, 2.45) is 0 Å². The van der Waals surface area contributed by atoms with Crippen LogP contribution < -0.4 is 0 Å². The summed E-state index contributed by atoms with van der Waals surface area (Å²) < 4.78 is 28.2. The minimum atomic E-state index is -3.69. The maximum atomic E-state index is 10.5. The van der Waals surface area contributed by atoms with E-state index in [2.05, 4.69) is 27.8 Å². The molecule has 2 aromatic rings. The van der Waals surface area contributed by atoms with Crippen molar-refractivity contribution >= 4 is 7.82 Å². The van der Waals surface area contributed by atoms with Gasteiger partial charge < -0.3 is 13.7 Å². The van der Waals surface area contributed by atoms with Gasteiger partial charge in [0.1, 0.15) is 12.5 Å². The summed E-state index contributed by atoms with van der Waals surface area (Å²) in [7, 11) is -3.69. The SMILES string of the molecule is CCOP(=O)(O)OCC.c1cocn1.c1cocn1. The molecule has 19 heavy (non-hydrogen) atoms. The molecule has 0 saturated carbocycles. The van der Waals surface area contributed by atoms with E-state index in [1.54, 1.807) is 26.2 Å². The molecule has 9 heteroatoms. The van der Waals surface area contributed by atoms with Crippen LogP contribution in [0.3, 0.4) is 0 Å². The molecule has 108 valence electrons. The molecule has 8 nitrogen and oxygen atoms in total. The zero-order chi connectivity index (χ0) is 14.4. The van der Waals surface area contributed by atoms with Gasteiger partial charge in [-0.05, 0) is 13.8 Å². The first-order chi connectivity index (χ1) is 9.12. The molecule has 0 aliphatic heterocycles. The van der Waals surface area contributed by atoms with E-state index in [1.807, 2.05) is 0 Å². The van der Waals surface area contributed by atoms with Gasteiger partial charge in [0.05, 0.1) is 25.6 Å². The van der Waals surface area contributed by atoms with Crippen LogP contribution in [0.25, 0.3) is 0 Å². The number of rotatable bonds is 4. The van der Waals surface area contributed by atoms with Crippen LogP contribution in [-0.4, -0.2) is 28.1 Å². The molecule has 0 amide bonds. The van der Waals surface area contributed by atoms with Crippen LogP contribution in [0.2, 0.25) is 0 Å². The zero-order valence-corrected chi connectivity index (χ0v) is 11.6. The number of phosphoric ester groups is 1. The summed E-state index contributed by atoms with van der Waals surface area (Å²) in [5, 5.41) is 0. The molecule has 0 bridgehead atoms. The van der Waals surface area contributed by atoms with Crippen LogP contribution in [0.4, 0.5) is 0 Å². The van der Waals surface area contributed by atoms with Crippen molar-refractivity contribution in [2.75, 3.05) is 13.2 Å². The van der Waals surface area contributed by atoms with Crippen LogP contribution in [0, 0.1) is 0 Å². The first-order valence-electron chi connectivity index (χ1n) is 5.38. The van der Waals surface area contributed by atoms with Gasteiger partial charge in [-0.25, -0.2) is 14.5 Å². The Morgan fingerprint density at radius 1 is 1.05 bits per heavy atom. The highest BCUT2D eigenvalue weighted by atomic mass is 31.2. The second-order valence-corrected chi connectivity index (χ2v) is 4.11. The lowest BCUT2D eigenvalue weighted by atomic mass is 10.9. The molecule has 0 unspecified atom stereocenters. The van der Waals surface area contributed by atoms with Gasteiger partial charge in [0.25, 0.3) is 0 Å². The Morgan fingerprint density at radius 3 is 1.63 bits per heavy atom. The zero-order valence-electron chi connectivity index (χ0n) is 10.7. The van der Waals surface area contributed by atoms with Crippen molar-refractivity contribution < 1.29 is 27.3 Å². The molecule has 0 saturated heterocycles. The number of phosphoric acid groups is 1. The molecule has 2 aromatic heterocycles. The minimum Gasteiger partial charge on any atom is -0.452 e. The summed E-state index contributed by atoms with van der Waals surface area (Å²) in [6.45, 7) is 3.63. The molecule has 0 radical (unpaired) electrons. The molecule has 0 fully saturated rings. The summed E-state index contributed by atoms with van der Waals surface area (Å²) >= 11 is 0. The van der Waals surface area contributed by atoms with Crippen molar-refractivity contribution in [1.82, 2.24) is 9.97 Å². The number of oxazole rings is 2. The third kappa shape index (κ3) is 12.8. The average Bonchev–Trinajstić information content (AvgIpc) is 3.09. The van der Waals surface area contributed by atoms with E-state index < -0.39 is 7.82 Å². The monoisotopic (exact) mass is 292 g/mol. The van der Waals surface area contributed by atoms with Gasteiger partial charge in [-0.1, -0.05) is 0 Å². The minimum absolute atomic E-state index is 0.188. The maximum absolute atomic E-state index is 10.5. The van der Waals surface area contributed by atoms with Crippen molar-refractivity contribution in [3.63, 3.8) is 0 Å². The van der Waals surface area contributed by atoms with Crippen LogP contribution in [0.15, 0.2) is 46.5 Å². The van der Waals surface area contributed by atoms with Crippen molar-refractivity contribution in [3.8, 4) is 0 Å². The van der Waals surface area contributed by atoms with E-state index in [0.717, 1.165) is 0 Å². The third-order valence-electron chi connectivity index (χ3n) is 1.28. The van der Waals surface area contributed by atoms with E-state index in [-0.39, 0.29) is 13.2 Å². The van der Waals surface area contributed by atoms with Gasteiger partial charge in [-0.15, -0.1) is 0 Å². The first kappa shape index (κ1) is 17.5. The molecule has 2 heterocycles. The van der Waals surface area contributed by atoms with Crippen LogP contribution in [0.5, 0.6) is 0 Å². The topological polar surface area (TPSA) is 108 Å². The Hall–Kier alpha value is -1.47. The van der Waals surface area contributed by atoms with Gasteiger partial charge >= 0.3 is 7.82 Å². The molecule has 2 rings (SSSR count). The van der Waals surface area contributed by atoms with Crippen molar-refractivity contribution in [3.05, 3.63) is 37.7 Å². The standard InChI is InChI=1S/C4H11O4P.2C3H3NO/c1-3-7-9(5,6)8-4-2;2*1-2-5-3-4-1/h3-4H2,1-2H3,(H,5,6);2*1-3H. The molecule has 0 atom stereocenters. The fourth-order valence-electron chi connectivity index (χ4n) is 0.715. The second kappa shape index (κ2) is 11.6. The van der Waals surface area contributed by atoms with Gasteiger partial charge in [-0.3, -0.25) is 9.05 Å². The number of hydrogen-bond acceptors (Lipinski definition) is 7. The summed E-state index contributed by atoms with van der Waals surface area (Å²) in [6.07, 6.45) is 8.94. The Morgan fingerprint density at radius 2 is 1.47 bits per heavy atom. The molecule has 0 aromatic carbocycles. The number of hydrogen-bond donors (Lipinski definition) is 1. The van der Waals surface area contributed by atoms with Gasteiger partial charge in [0, 0.05) is 0 Å². The Bertz CT molecular complexity index is 335. The lowest BCUT2D eigenvalue weighted by molar-refractivity contribution is 0.161. The normalized spacial score (nSPS) is 9.84. The van der Waals surface area contributed by atoms with Crippen molar-refractivity contribution in [1.29, 1.82) is 0 Å². The lowest BCUT2D eigenvalue weighted by Crippen LogP contribution is -1.93. The maximum Gasteiger partial charge on any atom is 0.472 e. The van der Waals surface area contributed by atoms with Crippen LogP contribution >= 0.6 is 7.82 Å². The second-order valence-electron chi connectivity index (χ2n) is 2.66. The summed E-state index contributed by atoms with van der Waals surface area (Å²) in [4.78, 5) is 15.7. The first-order valence-corrected chi connectivity index (χ1v) is 6.88. The van der Waals surface area contributed by atoms with Gasteiger partial charge in [0.15, 0.2) is 12.8 Å². The third-order valence-corrected chi connectivity index (χ3v) is 2.45. The average molecular weight is 292 g/mol. The molecular formula is C10H17N2O6P. The molecule has 1 N–H and O–H groups in total. The largest absolute Gasteiger partial charge is 0.472 e. The number of nitrogens with zero attached hydrogens (tertiary/aromatic N) is 2. The quantitative estimate of drug-likeness (QED) is 0.856. The highest BCUT2D eigenvalue weighted by molar-refractivity contribution is 7.47. The molecular weight excluding hydrogens is 275 g/mol. The van der Waals surface area contributed by atoms with E-state index in [1.165, 1.54) is 25.3 Å². The Balaban J connectivity index is 0.000000273. The predicted octanol–water partition coefficient (Wildman–Crippen LogP) is 2.51. The Labute approximate surface area is 111 Å². The van der Waals surface area contributed by atoms with Crippen LogP contribution in [-0.2, 0) is 13.6 Å². The summed E-state index contributed by atoms with van der Waals surface area (Å²) in [5.41, 5.74) is 0. The fraction of sp³-hybridized carbons (Fsp3) is 0.400. The van der Waals surface area contributed by atoms with E-state index >= 15 is 0 Å². The van der Waals surface area contributed by atoms with Gasteiger partial charge in [0.2, 0.25) is 0 Å². The summed E-state index contributed by atoms with van der Waals surface area (Å²) in [5.74, 6) is 0. The molecule has 0 aliphatic carbocycles. The highest BCUT2D eigenvalue weighted by Crippen LogP contribution is 2.42. The number of aromatic nitrogens is 2. The van der Waals surface area contributed by atoms with E-state index in [9.17, 15) is 4.57 Å².